The summed E-state index contributed by atoms with van der Waals surface area (Å²) in [6.07, 6.45) is 4.96. The standard InChI is InChI=1S/C19H19N5O2/c1-26-16-6-4-14(5-7-16)12-23-19-21-10-8-17(24-19)18(25)22-13-15-3-2-9-20-11-15/h2-11H,12-13H2,1H3,(H,22,25)(H,21,23,24). The zero-order valence-corrected chi connectivity index (χ0v) is 14.3. The fourth-order valence-corrected chi connectivity index (χ4v) is 2.27. The molecule has 0 unspecified atom stereocenters. The molecule has 1 amide bonds. The summed E-state index contributed by atoms with van der Waals surface area (Å²) in [7, 11) is 1.63. The molecule has 0 radical (unpaired) electrons. The van der Waals surface area contributed by atoms with Gasteiger partial charge in [0.1, 0.15) is 11.4 Å². The summed E-state index contributed by atoms with van der Waals surface area (Å²) in [6, 6.07) is 13.0. The number of anilines is 1. The number of carbonyl (C=O) groups is 1. The van der Waals surface area contributed by atoms with Crippen LogP contribution in [-0.4, -0.2) is 28.0 Å². The third-order valence-corrected chi connectivity index (χ3v) is 3.67. The highest BCUT2D eigenvalue weighted by atomic mass is 16.5. The summed E-state index contributed by atoms with van der Waals surface area (Å²) >= 11 is 0. The maximum absolute atomic E-state index is 12.3. The van der Waals surface area contributed by atoms with Crippen LogP contribution in [0.25, 0.3) is 0 Å². The highest BCUT2D eigenvalue weighted by Crippen LogP contribution is 2.12. The van der Waals surface area contributed by atoms with Crippen molar-refractivity contribution in [2.45, 2.75) is 13.1 Å². The minimum Gasteiger partial charge on any atom is -0.497 e. The summed E-state index contributed by atoms with van der Waals surface area (Å²) in [5, 5.41) is 5.93. The van der Waals surface area contributed by atoms with Gasteiger partial charge in [-0.15, -0.1) is 0 Å². The molecular formula is C19H19N5O2. The van der Waals surface area contributed by atoms with Gasteiger partial charge < -0.3 is 15.4 Å². The number of hydrogen-bond acceptors (Lipinski definition) is 6. The third-order valence-electron chi connectivity index (χ3n) is 3.67. The van der Waals surface area contributed by atoms with Crippen LogP contribution >= 0.6 is 0 Å². The predicted octanol–water partition coefficient (Wildman–Crippen LogP) is 2.42. The van der Waals surface area contributed by atoms with E-state index in [4.69, 9.17) is 4.74 Å². The molecule has 0 saturated heterocycles. The first-order valence-corrected chi connectivity index (χ1v) is 8.11. The number of ether oxygens (including phenoxy) is 1. The summed E-state index contributed by atoms with van der Waals surface area (Å²) < 4.78 is 5.14. The Morgan fingerprint density at radius 2 is 1.88 bits per heavy atom. The average molecular weight is 349 g/mol. The van der Waals surface area contributed by atoms with E-state index < -0.39 is 0 Å². The van der Waals surface area contributed by atoms with Gasteiger partial charge in [0.2, 0.25) is 5.95 Å². The van der Waals surface area contributed by atoms with Gasteiger partial charge in [0, 0.05) is 31.7 Å². The van der Waals surface area contributed by atoms with Gasteiger partial charge in [-0.3, -0.25) is 9.78 Å². The predicted molar refractivity (Wildman–Crippen MR) is 97.8 cm³/mol. The highest BCUT2D eigenvalue weighted by molar-refractivity contribution is 5.92. The van der Waals surface area contributed by atoms with Crippen LogP contribution in [-0.2, 0) is 13.1 Å². The van der Waals surface area contributed by atoms with Crippen LogP contribution < -0.4 is 15.4 Å². The molecule has 2 N–H and O–H groups in total. The Labute approximate surface area is 151 Å². The molecule has 2 heterocycles. The van der Waals surface area contributed by atoms with Crippen LogP contribution in [0.1, 0.15) is 21.6 Å². The second kappa shape index (κ2) is 8.57. The summed E-state index contributed by atoms with van der Waals surface area (Å²) in [4.78, 5) is 24.7. The smallest absolute Gasteiger partial charge is 0.270 e. The van der Waals surface area contributed by atoms with Gasteiger partial charge in [0.25, 0.3) is 5.91 Å². The molecular weight excluding hydrogens is 330 g/mol. The fourth-order valence-electron chi connectivity index (χ4n) is 2.27. The van der Waals surface area contributed by atoms with Crippen LogP contribution in [0.3, 0.4) is 0 Å². The van der Waals surface area contributed by atoms with E-state index in [9.17, 15) is 4.79 Å². The van der Waals surface area contributed by atoms with E-state index in [-0.39, 0.29) is 5.91 Å². The molecule has 0 fully saturated rings. The van der Waals surface area contributed by atoms with Crippen LogP contribution in [0.15, 0.2) is 61.1 Å². The van der Waals surface area contributed by atoms with Crippen LogP contribution in [0, 0.1) is 0 Å². The lowest BCUT2D eigenvalue weighted by molar-refractivity contribution is 0.0946. The summed E-state index contributed by atoms with van der Waals surface area (Å²) in [6.45, 7) is 0.941. The largest absolute Gasteiger partial charge is 0.497 e. The number of aromatic nitrogens is 3. The topological polar surface area (TPSA) is 89.0 Å². The Kier molecular flexibility index (Phi) is 5.72. The van der Waals surface area contributed by atoms with Crippen molar-refractivity contribution >= 4 is 11.9 Å². The zero-order chi connectivity index (χ0) is 18.2. The molecule has 7 heteroatoms. The van der Waals surface area contributed by atoms with E-state index in [0.29, 0.717) is 24.7 Å². The Hall–Kier alpha value is -3.48. The number of methoxy groups -OCH3 is 1. The van der Waals surface area contributed by atoms with Crippen molar-refractivity contribution < 1.29 is 9.53 Å². The molecule has 0 atom stereocenters. The lowest BCUT2D eigenvalue weighted by atomic mass is 10.2. The number of rotatable bonds is 7. The van der Waals surface area contributed by atoms with Gasteiger partial charge in [0.05, 0.1) is 7.11 Å². The maximum atomic E-state index is 12.3. The lowest BCUT2D eigenvalue weighted by Gasteiger charge is -2.08. The van der Waals surface area contributed by atoms with Crippen LogP contribution in [0.4, 0.5) is 5.95 Å². The Morgan fingerprint density at radius 1 is 1.04 bits per heavy atom. The van der Waals surface area contributed by atoms with Gasteiger partial charge in [-0.05, 0) is 35.4 Å². The van der Waals surface area contributed by atoms with Crippen molar-refractivity contribution in [1.29, 1.82) is 0 Å². The average Bonchev–Trinajstić information content (AvgIpc) is 2.72. The molecule has 0 aliphatic heterocycles. The van der Waals surface area contributed by atoms with E-state index in [1.54, 1.807) is 31.8 Å². The second-order valence-electron chi connectivity index (χ2n) is 5.51. The monoisotopic (exact) mass is 349 g/mol. The number of carbonyl (C=O) groups excluding carboxylic acids is 1. The maximum Gasteiger partial charge on any atom is 0.270 e. The molecule has 0 aliphatic carbocycles. The van der Waals surface area contributed by atoms with Crippen molar-refractivity contribution in [2.24, 2.45) is 0 Å². The minimum absolute atomic E-state index is 0.260. The summed E-state index contributed by atoms with van der Waals surface area (Å²) in [5.41, 5.74) is 2.29. The SMILES string of the molecule is COc1ccc(CNc2nccc(C(=O)NCc3cccnc3)n2)cc1. The van der Waals surface area contributed by atoms with Gasteiger partial charge >= 0.3 is 0 Å². The quantitative estimate of drug-likeness (QED) is 0.681. The molecule has 3 rings (SSSR count). The first kappa shape index (κ1) is 17.3. The van der Waals surface area contributed by atoms with Crippen molar-refractivity contribution in [3.05, 3.63) is 77.9 Å². The molecule has 0 spiro atoms. The van der Waals surface area contributed by atoms with Gasteiger partial charge in [0.15, 0.2) is 0 Å². The molecule has 0 aliphatic rings. The molecule has 26 heavy (non-hydrogen) atoms. The van der Waals surface area contributed by atoms with E-state index in [1.165, 1.54) is 0 Å². The third kappa shape index (κ3) is 4.76. The molecule has 2 aromatic heterocycles. The number of nitrogens with one attached hydrogen (secondary N) is 2. The first-order chi connectivity index (χ1) is 12.7. The number of hydrogen-bond donors (Lipinski definition) is 2. The van der Waals surface area contributed by atoms with Crippen molar-refractivity contribution in [2.75, 3.05) is 12.4 Å². The number of amides is 1. The molecule has 3 aromatic rings. The van der Waals surface area contributed by atoms with Crippen LogP contribution in [0.2, 0.25) is 0 Å². The molecule has 7 nitrogen and oxygen atoms in total. The van der Waals surface area contributed by atoms with Crippen molar-refractivity contribution in [3.8, 4) is 5.75 Å². The van der Waals surface area contributed by atoms with Crippen molar-refractivity contribution in [1.82, 2.24) is 20.3 Å². The van der Waals surface area contributed by atoms with E-state index >= 15 is 0 Å². The Bertz CT molecular complexity index is 853. The van der Waals surface area contributed by atoms with Gasteiger partial charge in [-0.25, -0.2) is 9.97 Å². The lowest BCUT2D eigenvalue weighted by Crippen LogP contribution is -2.24. The van der Waals surface area contributed by atoms with E-state index in [1.807, 2.05) is 36.4 Å². The summed E-state index contributed by atoms with van der Waals surface area (Å²) in [5.74, 6) is 0.941. The van der Waals surface area contributed by atoms with E-state index in [2.05, 4.69) is 25.6 Å². The molecule has 0 bridgehead atoms. The van der Waals surface area contributed by atoms with Crippen LogP contribution in [0.5, 0.6) is 5.75 Å². The Balaban J connectivity index is 1.57. The molecule has 0 saturated carbocycles. The number of benzene rings is 1. The van der Waals surface area contributed by atoms with Gasteiger partial charge in [-0.1, -0.05) is 18.2 Å². The first-order valence-electron chi connectivity index (χ1n) is 8.11. The highest BCUT2D eigenvalue weighted by Gasteiger charge is 2.08. The minimum atomic E-state index is -0.260. The molecule has 132 valence electrons. The number of nitrogens with zero attached hydrogens (tertiary/aromatic N) is 3. The number of pyridine rings is 1. The molecule has 1 aromatic carbocycles. The van der Waals surface area contributed by atoms with Crippen molar-refractivity contribution in [3.63, 3.8) is 0 Å². The second-order valence-corrected chi connectivity index (χ2v) is 5.51. The van der Waals surface area contributed by atoms with E-state index in [0.717, 1.165) is 16.9 Å². The van der Waals surface area contributed by atoms with Gasteiger partial charge in [-0.2, -0.15) is 0 Å². The fraction of sp³-hybridized carbons (Fsp3) is 0.158. The normalized spacial score (nSPS) is 10.2. The Morgan fingerprint density at radius 3 is 2.62 bits per heavy atom. The zero-order valence-electron chi connectivity index (χ0n) is 14.3.